The molecule has 1 amide bonds. The minimum atomic E-state index is -3.82. The highest BCUT2D eigenvalue weighted by Gasteiger charge is 2.33. The number of nitrogens with one attached hydrogen (secondary N) is 1. The van der Waals surface area contributed by atoms with Gasteiger partial charge in [0, 0.05) is 37.9 Å². The van der Waals surface area contributed by atoms with Crippen LogP contribution in [0, 0.1) is 0 Å². The number of carbonyl (C=O) groups excluding carboxylic acids is 1. The van der Waals surface area contributed by atoms with Crippen molar-refractivity contribution in [3.8, 4) is 11.5 Å². The Labute approximate surface area is 199 Å². The Morgan fingerprint density at radius 2 is 1.53 bits per heavy atom. The van der Waals surface area contributed by atoms with Gasteiger partial charge < -0.3 is 19.7 Å². The normalized spacial score (nSPS) is 14.5. The van der Waals surface area contributed by atoms with Gasteiger partial charge in [-0.05, 0) is 36.4 Å². The van der Waals surface area contributed by atoms with Gasteiger partial charge in [-0.25, -0.2) is 8.42 Å². The van der Waals surface area contributed by atoms with Crippen LogP contribution in [0.5, 0.6) is 11.5 Å². The van der Waals surface area contributed by atoms with Gasteiger partial charge in [0.15, 0.2) is 0 Å². The molecule has 0 unspecified atom stereocenters. The van der Waals surface area contributed by atoms with Crippen molar-refractivity contribution in [2.45, 2.75) is 4.90 Å². The van der Waals surface area contributed by atoms with E-state index in [4.69, 9.17) is 9.47 Å². The van der Waals surface area contributed by atoms with E-state index < -0.39 is 10.0 Å². The number of amides is 1. The fourth-order valence-corrected chi connectivity index (χ4v) is 5.48. The lowest BCUT2D eigenvalue weighted by Gasteiger charge is -2.34. The smallest absolute Gasteiger partial charge is 0.256 e. The molecule has 1 aliphatic heterocycles. The molecule has 0 spiro atoms. The molecule has 1 heterocycles. The molecule has 0 bridgehead atoms. The second-order valence-electron chi connectivity index (χ2n) is 7.75. The lowest BCUT2D eigenvalue weighted by Crippen LogP contribution is -2.50. The summed E-state index contributed by atoms with van der Waals surface area (Å²) in [5, 5.41) is 3.29. The SMILES string of the molecule is COc1ccc(OC)c(S(=O)(=O)N2CCN(C(=O)c3ccccc3Nc3ccccc3)CC2)c1. The molecule has 4 rings (SSSR count). The highest BCUT2D eigenvalue weighted by molar-refractivity contribution is 7.89. The quantitative estimate of drug-likeness (QED) is 0.555. The number of anilines is 2. The van der Waals surface area contributed by atoms with Crippen LogP contribution in [0.3, 0.4) is 0 Å². The molecule has 0 atom stereocenters. The van der Waals surface area contributed by atoms with Crippen LogP contribution in [0.25, 0.3) is 0 Å². The van der Waals surface area contributed by atoms with Crippen molar-refractivity contribution in [1.29, 1.82) is 0 Å². The summed E-state index contributed by atoms with van der Waals surface area (Å²) < 4.78 is 38.5. The van der Waals surface area contributed by atoms with E-state index in [0.29, 0.717) is 17.0 Å². The number of hydrogen-bond donors (Lipinski definition) is 1. The predicted molar refractivity (Wildman–Crippen MR) is 130 cm³/mol. The summed E-state index contributed by atoms with van der Waals surface area (Å²) in [5.74, 6) is 0.533. The molecule has 1 saturated heterocycles. The maximum Gasteiger partial charge on any atom is 0.256 e. The zero-order valence-corrected chi connectivity index (χ0v) is 19.9. The highest BCUT2D eigenvalue weighted by Crippen LogP contribution is 2.31. The summed E-state index contributed by atoms with van der Waals surface area (Å²) in [4.78, 5) is 15.0. The molecule has 0 aromatic heterocycles. The Bertz CT molecular complexity index is 1260. The van der Waals surface area contributed by atoms with Gasteiger partial charge in [-0.2, -0.15) is 4.31 Å². The molecular weight excluding hydrogens is 454 g/mol. The van der Waals surface area contributed by atoms with E-state index >= 15 is 0 Å². The van der Waals surface area contributed by atoms with Gasteiger partial charge in [0.05, 0.1) is 25.5 Å². The maximum absolute atomic E-state index is 13.3. The third kappa shape index (κ3) is 4.85. The largest absolute Gasteiger partial charge is 0.497 e. The lowest BCUT2D eigenvalue weighted by atomic mass is 10.1. The summed E-state index contributed by atoms with van der Waals surface area (Å²) in [7, 11) is -0.914. The van der Waals surface area contributed by atoms with Crippen LogP contribution in [0.1, 0.15) is 10.4 Å². The summed E-state index contributed by atoms with van der Waals surface area (Å²) in [6.07, 6.45) is 0. The van der Waals surface area contributed by atoms with Crippen LogP contribution >= 0.6 is 0 Å². The zero-order valence-electron chi connectivity index (χ0n) is 19.1. The fourth-order valence-electron chi connectivity index (χ4n) is 3.88. The molecule has 0 radical (unpaired) electrons. The second-order valence-corrected chi connectivity index (χ2v) is 9.66. The monoisotopic (exact) mass is 481 g/mol. The van der Waals surface area contributed by atoms with Gasteiger partial charge in [0.1, 0.15) is 16.4 Å². The number of para-hydroxylation sites is 2. The van der Waals surface area contributed by atoms with Crippen molar-refractivity contribution >= 4 is 27.3 Å². The average molecular weight is 482 g/mol. The molecule has 0 saturated carbocycles. The van der Waals surface area contributed by atoms with Crippen LogP contribution in [0.4, 0.5) is 11.4 Å². The molecule has 9 heteroatoms. The predicted octanol–water partition coefficient (Wildman–Crippen LogP) is 3.59. The Kier molecular flexibility index (Phi) is 7.04. The first-order valence-corrected chi connectivity index (χ1v) is 12.3. The summed E-state index contributed by atoms with van der Waals surface area (Å²) in [6, 6.07) is 21.6. The molecule has 0 aliphatic carbocycles. The molecule has 3 aromatic carbocycles. The number of nitrogens with zero attached hydrogens (tertiary/aromatic N) is 2. The summed E-state index contributed by atoms with van der Waals surface area (Å²) >= 11 is 0. The second kappa shape index (κ2) is 10.1. The van der Waals surface area contributed by atoms with E-state index in [-0.39, 0.29) is 42.7 Å². The van der Waals surface area contributed by atoms with Crippen LogP contribution < -0.4 is 14.8 Å². The van der Waals surface area contributed by atoms with E-state index in [2.05, 4.69) is 5.32 Å². The molecule has 1 fully saturated rings. The number of benzene rings is 3. The first-order chi connectivity index (χ1) is 16.4. The van der Waals surface area contributed by atoms with Gasteiger partial charge in [-0.1, -0.05) is 30.3 Å². The molecule has 1 N–H and O–H groups in total. The molecule has 178 valence electrons. The van der Waals surface area contributed by atoms with Crippen molar-refractivity contribution < 1.29 is 22.7 Å². The Morgan fingerprint density at radius 3 is 2.21 bits per heavy atom. The summed E-state index contributed by atoms with van der Waals surface area (Å²) in [6.45, 7) is 0.930. The summed E-state index contributed by atoms with van der Waals surface area (Å²) in [5.41, 5.74) is 2.12. The third-order valence-electron chi connectivity index (χ3n) is 5.72. The van der Waals surface area contributed by atoms with Gasteiger partial charge in [-0.3, -0.25) is 4.79 Å². The fraction of sp³-hybridized carbons (Fsp3) is 0.240. The first kappa shape index (κ1) is 23.6. The lowest BCUT2D eigenvalue weighted by molar-refractivity contribution is 0.0699. The number of piperazine rings is 1. The molecule has 3 aromatic rings. The van der Waals surface area contributed by atoms with Crippen LogP contribution in [0.15, 0.2) is 77.7 Å². The molecule has 1 aliphatic rings. The van der Waals surface area contributed by atoms with Gasteiger partial charge in [0.2, 0.25) is 10.0 Å². The molecule has 8 nitrogen and oxygen atoms in total. The Balaban J connectivity index is 1.49. The number of rotatable bonds is 7. The number of ether oxygens (including phenoxy) is 2. The van der Waals surface area contributed by atoms with Crippen LogP contribution in [-0.4, -0.2) is 63.9 Å². The van der Waals surface area contributed by atoms with Crippen LogP contribution in [-0.2, 0) is 10.0 Å². The molecule has 34 heavy (non-hydrogen) atoms. The number of carbonyl (C=O) groups is 1. The number of hydrogen-bond acceptors (Lipinski definition) is 6. The van der Waals surface area contributed by atoms with E-state index in [1.807, 2.05) is 48.5 Å². The Hall–Kier alpha value is -3.56. The Morgan fingerprint density at radius 1 is 0.853 bits per heavy atom. The molecular formula is C25H27N3O5S. The highest BCUT2D eigenvalue weighted by atomic mass is 32.2. The van der Waals surface area contributed by atoms with Gasteiger partial charge in [0.25, 0.3) is 5.91 Å². The van der Waals surface area contributed by atoms with Gasteiger partial charge >= 0.3 is 0 Å². The van der Waals surface area contributed by atoms with Crippen molar-refractivity contribution in [3.05, 3.63) is 78.4 Å². The van der Waals surface area contributed by atoms with Crippen molar-refractivity contribution in [3.63, 3.8) is 0 Å². The maximum atomic E-state index is 13.3. The number of sulfonamides is 1. The van der Waals surface area contributed by atoms with Gasteiger partial charge in [-0.15, -0.1) is 0 Å². The van der Waals surface area contributed by atoms with Crippen molar-refractivity contribution in [1.82, 2.24) is 9.21 Å². The van der Waals surface area contributed by atoms with Crippen LogP contribution in [0.2, 0.25) is 0 Å². The van der Waals surface area contributed by atoms with Crippen molar-refractivity contribution in [2.75, 3.05) is 45.7 Å². The van der Waals surface area contributed by atoms with E-state index in [9.17, 15) is 13.2 Å². The van der Waals surface area contributed by atoms with E-state index in [1.165, 1.54) is 24.6 Å². The minimum absolute atomic E-state index is 0.0477. The standard InChI is InChI=1S/C25H27N3O5S/c1-32-20-12-13-23(33-2)24(18-20)34(30,31)28-16-14-27(15-17-28)25(29)21-10-6-7-11-22(21)26-19-8-4-3-5-9-19/h3-13,18,26H,14-17H2,1-2H3. The average Bonchev–Trinajstić information content (AvgIpc) is 2.89. The third-order valence-corrected chi connectivity index (χ3v) is 7.64. The topological polar surface area (TPSA) is 88.2 Å². The number of methoxy groups -OCH3 is 2. The van der Waals surface area contributed by atoms with Crippen molar-refractivity contribution in [2.24, 2.45) is 0 Å². The zero-order chi connectivity index (χ0) is 24.1. The minimum Gasteiger partial charge on any atom is -0.497 e. The van der Waals surface area contributed by atoms with E-state index in [0.717, 1.165) is 5.69 Å². The first-order valence-electron chi connectivity index (χ1n) is 10.9. The van der Waals surface area contributed by atoms with E-state index in [1.54, 1.807) is 23.1 Å².